The molecule has 1 amide bonds. The van der Waals surface area contributed by atoms with E-state index in [9.17, 15) is 4.79 Å². The summed E-state index contributed by atoms with van der Waals surface area (Å²) in [4.78, 5) is 13.1. The van der Waals surface area contributed by atoms with Gasteiger partial charge in [-0.2, -0.15) is 0 Å². The molecule has 0 aliphatic carbocycles. The molecular formula is C14H16N4O2. The molecule has 0 bridgehead atoms. The number of nitrogen functional groups attached to an aromatic ring is 1. The van der Waals surface area contributed by atoms with Gasteiger partial charge in [-0.1, -0.05) is 6.07 Å². The van der Waals surface area contributed by atoms with E-state index in [2.05, 4.69) is 10.2 Å². The Morgan fingerprint density at radius 2 is 1.95 bits per heavy atom. The number of aryl methyl sites for hydroxylation is 1. The molecule has 0 saturated carbocycles. The average Bonchev–Trinajstić information content (AvgIpc) is 2.43. The van der Waals surface area contributed by atoms with Crippen LogP contribution in [0.1, 0.15) is 16.1 Å². The summed E-state index contributed by atoms with van der Waals surface area (Å²) in [5.41, 5.74) is 7.53. The Balaban J connectivity index is 2.19. The molecule has 1 heterocycles. The SMILES string of the molecule is Cc1ccc(N)cc1Oc1ccc(C(=O)N(C)C)nn1. The number of rotatable bonds is 3. The summed E-state index contributed by atoms with van der Waals surface area (Å²) in [6.45, 7) is 1.91. The highest BCUT2D eigenvalue weighted by Crippen LogP contribution is 2.25. The lowest BCUT2D eigenvalue weighted by atomic mass is 10.2. The molecule has 6 heteroatoms. The largest absolute Gasteiger partial charge is 0.437 e. The van der Waals surface area contributed by atoms with E-state index in [-0.39, 0.29) is 11.6 Å². The molecule has 0 atom stereocenters. The van der Waals surface area contributed by atoms with Crippen molar-refractivity contribution in [1.29, 1.82) is 0 Å². The summed E-state index contributed by atoms with van der Waals surface area (Å²) in [5.74, 6) is 0.726. The van der Waals surface area contributed by atoms with Gasteiger partial charge in [-0.3, -0.25) is 4.79 Å². The second kappa shape index (κ2) is 5.56. The number of anilines is 1. The maximum absolute atomic E-state index is 11.7. The molecule has 104 valence electrons. The lowest BCUT2D eigenvalue weighted by Gasteiger charge is -2.10. The molecule has 2 aromatic rings. The van der Waals surface area contributed by atoms with E-state index in [1.54, 1.807) is 38.4 Å². The van der Waals surface area contributed by atoms with Crippen molar-refractivity contribution < 1.29 is 9.53 Å². The van der Waals surface area contributed by atoms with E-state index in [1.165, 1.54) is 4.90 Å². The first-order valence-electron chi connectivity index (χ1n) is 6.07. The van der Waals surface area contributed by atoms with Crippen molar-refractivity contribution in [1.82, 2.24) is 15.1 Å². The van der Waals surface area contributed by atoms with Gasteiger partial charge >= 0.3 is 0 Å². The monoisotopic (exact) mass is 272 g/mol. The molecule has 0 spiro atoms. The number of nitrogens with two attached hydrogens (primary N) is 1. The summed E-state index contributed by atoms with van der Waals surface area (Å²) in [5, 5.41) is 7.74. The summed E-state index contributed by atoms with van der Waals surface area (Å²) in [7, 11) is 3.31. The molecule has 1 aromatic heterocycles. The van der Waals surface area contributed by atoms with E-state index in [1.807, 2.05) is 13.0 Å². The van der Waals surface area contributed by atoms with Crippen LogP contribution in [0.2, 0.25) is 0 Å². The summed E-state index contributed by atoms with van der Waals surface area (Å²) < 4.78 is 5.61. The van der Waals surface area contributed by atoms with Crippen LogP contribution in [0.25, 0.3) is 0 Å². The fourth-order valence-corrected chi connectivity index (χ4v) is 1.56. The van der Waals surface area contributed by atoms with Crippen LogP contribution < -0.4 is 10.5 Å². The van der Waals surface area contributed by atoms with Crippen molar-refractivity contribution in [3.8, 4) is 11.6 Å². The molecule has 6 nitrogen and oxygen atoms in total. The molecule has 0 radical (unpaired) electrons. The minimum absolute atomic E-state index is 0.204. The highest BCUT2D eigenvalue weighted by molar-refractivity contribution is 5.91. The molecule has 0 aliphatic heterocycles. The van der Waals surface area contributed by atoms with Crippen molar-refractivity contribution >= 4 is 11.6 Å². The van der Waals surface area contributed by atoms with E-state index in [0.717, 1.165) is 5.56 Å². The van der Waals surface area contributed by atoms with Crippen molar-refractivity contribution in [2.24, 2.45) is 0 Å². The first kappa shape index (κ1) is 13.8. The molecular weight excluding hydrogens is 256 g/mol. The van der Waals surface area contributed by atoms with Gasteiger partial charge in [0, 0.05) is 31.9 Å². The Bertz CT molecular complexity index is 624. The van der Waals surface area contributed by atoms with Gasteiger partial charge < -0.3 is 15.4 Å². The Morgan fingerprint density at radius 3 is 2.55 bits per heavy atom. The maximum Gasteiger partial charge on any atom is 0.273 e. The van der Waals surface area contributed by atoms with Crippen molar-refractivity contribution in [2.75, 3.05) is 19.8 Å². The molecule has 0 saturated heterocycles. The predicted octanol–water partition coefficient (Wildman–Crippen LogP) is 1.86. The summed E-state index contributed by atoms with van der Waals surface area (Å²) >= 11 is 0. The zero-order valence-electron chi connectivity index (χ0n) is 11.6. The van der Waals surface area contributed by atoms with Gasteiger partial charge in [-0.05, 0) is 24.6 Å². The van der Waals surface area contributed by atoms with Crippen molar-refractivity contribution in [3.63, 3.8) is 0 Å². The molecule has 20 heavy (non-hydrogen) atoms. The number of nitrogens with zero attached hydrogens (tertiary/aromatic N) is 3. The molecule has 2 rings (SSSR count). The third-order valence-electron chi connectivity index (χ3n) is 2.69. The smallest absolute Gasteiger partial charge is 0.273 e. The topological polar surface area (TPSA) is 81.3 Å². The standard InChI is InChI=1S/C14H16N4O2/c1-9-4-5-10(15)8-12(9)20-13-7-6-11(16-17-13)14(19)18(2)3/h4-8H,15H2,1-3H3. The zero-order valence-corrected chi connectivity index (χ0v) is 11.6. The van der Waals surface area contributed by atoms with Crippen LogP contribution in [0.4, 0.5) is 5.69 Å². The van der Waals surface area contributed by atoms with E-state index < -0.39 is 0 Å². The van der Waals surface area contributed by atoms with Crippen LogP contribution in [0.5, 0.6) is 11.6 Å². The van der Waals surface area contributed by atoms with Gasteiger partial charge in [-0.25, -0.2) is 0 Å². The second-order valence-corrected chi connectivity index (χ2v) is 4.58. The fraction of sp³-hybridized carbons (Fsp3) is 0.214. The van der Waals surface area contributed by atoms with Crippen LogP contribution in [-0.4, -0.2) is 35.1 Å². The van der Waals surface area contributed by atoms with Crippen molar-refractivity contribution in [3.05, 3.63) is 41.6 Å². The Kier molecular flexibility index (Phi) is 3.84. The number of hydrogen-bond acceptors (Lipinski definition) is 5. The number of ether oxygens (including phenoxy) is 1. The Labute approximate surface area is 117 Å². The number of aromatic nitrogens is 2. The van der Waals surface area contributed by atoms with Crippen molar-refractivity contribution in [2.45, 2.75) is 6.92 Å². The first-order valence-corrected chi connectivity index (χ1v) is 6.07. The highest BCUT2D eigenvalue weighted by Gasteiger charge is 2.11. The minimum Gasteiger partial charge on any atom is -0.437 e. The fourth-order valence-electron chi connectivity index (χ4n) is 1.56. The van der Waals surface area contributed by atoms with Crippen LogP contribution in [0, 0.1) is 6.92 Å². The first-order chi connectivity index (χ1) is 9.47. The maximum atomic E-state index is 11.7. The van der Waals surface area contributed by atoms with Gasteiger partial charge in [0.1, 0.15) is 5.75 Å². The lowest BCUT2D eigenvalue weighted by Crippen LogP contribution is -2.23. The molecule has 1 aromatic carbocycles. The zero-order chi connectivity index (χ0) is 14.7. The number of benzene rings is 1. The van der Waals surface area contributed by atoms with Crippen LogP contribution in [0.3, 0.4) is 0 Å². The molecule has 0 aliphatic rings. The highest BCUT2D eigenvalue weighted by atomic mass is 16.5. The third kappa shape index (κ3) is 3.03. The summed E-state index contributed by atoms with van der Waals surface area (Å²) in [6, 6.07) is 8.56. The van der Waals surface area contributed by atoms with Gasteiger partial charge in [0.2, 0.25) is 5.88 Å². The Hall–Kier alpha value is -2.63. The van der Waals surface area contributed by atoms with Gasteiger partial charge in [0.15, 0.2) is 5.69 Å². The Morgan fingerprint density at radius 1 is 1.20 bits per heavy atom. The number of hydrogen-bond donors (Lipinski definition) is 1. The summed E-state index contributed by atoms with van der Waals surface area (Å²) in [6.07, 6.45) is 0. The molecule has 2 N–H and O–H groups in total. The van der Waals surface area contributed by atoms with Crippen LogP contribution in [-0.2, 0) is 0 Å². The number of carbonyl (C=O) groups is 1. The van der Waals surface area contributed by atoms with Crippen LogP contribution in [0.15, 0.2) is 30.3 Å². The van der Waals surface area contributed by atoms with Gasteiger partial charge in [0.05, 0.1) is 0 Å². The lowest BCUT2D eigenvalue weighted by molar-refractivity contribution is 0.0820. The van der Waals surface area contributed by atoms with Gasteiger partial charge in [-0.15, -0.1) is 10.2 Å². The third-order valence-corrected chi connectivity index (χ3v) is 2.69. The second-order valence-electron chi connectivity index (χ2n) is 4.58. The number of carbonyl (C=O) groups excluding carboxylic acids is 1. The van der Waals surface area contributed by atoms with Gasteiger partial charge in [0.25, 0.3) is 5.91 Å². The minimum atomic E-state index is -0.204. The van der Waals surface area contributed by atoms with Crippen LogP contribution >= 0.6 is 0 Å². The normalized spacial score (nSPS) is 10.2. The van der Waals surface area contributed by atoms with E-state index in [0.29, 0.717) is 17.3 Å². The average molecular weight is 272 g/mol. The number of amides is 1. The van der Waals surface area contributed by atoms with E-state index >= 15 is 0 Å². The van der Waals surface area contributed by atoms with E-state index in [4.69, 9.17) is 10.5 Å². The molecule has 0 unspecified atom stereocenters. The quantitative estimate of drug-likeness (QED) is 0.862. The predicted molar refractivity (Wildman–Crippen MR) is 75.7 cm³/mol. The molecule has 0 fully saturated rings.